The number of hydrogen-bond acceptors (Lipinski definition) is 3. The van der Waals surface area contributed by atoms with Gasteiger partial charge in [0.2, 0.25) is 5.89 Å². The molecule has 0 aliphatic rings. The molecule has 138 valence electrons. The Kier molecular flexibility index (Phi) is 4.72. The zero-order chi connectivity index (χ0) is 19.5. The van der Waals surface area contributed by atoms with E-state index in [-0.39, 0.29) is 11.5 Å². The molecule has 4 rings (SSSR count). The molecule has 28 heavy (non-hydrogen) atoms. The van der Waals surface area contributed by atoms with Crippen LogP contribution >= 0.6 is 0 Å². The van der Waals surface area contributed by atoms with E-state index >= 15 is 0 Å². The van der Waals surface area contributed by atoms with E-state index in [1.165, 1.54) is 18.2 Å². The summed E-state index contributed by atoms with van der Waals surface area (Å²) in [7, 11) is 0. The zero-order valence-electron chi connectivity index (χ0n) is 15.1. The molecule has 0 fully saturated rings. The summed E-state index contributed by atoms with van der Waals surface area (Å²) in [5.74, 6) is -0.317. The van der Waals surface area contributed by atoms with E-state index in [0.717, 1.165) is 22.4 Å². The highest BCUT2D eigenvalue weighted by Crippen LogP contribution is 2.27. The van der Waals surface area contributed by atoms with Crippen molar-refractivity contribution in [3.8, 4) is 22.7 Å². The highest BCUT2D eigenvalue weighted by Gasteiger charge is 2.11. The van der Waals surface area contributed by atoms with Gasteiger partial charge in [-0.05, 0) is 55.0 Å². The van der Waals surface area contributed by atoms with Gasteiger partial charge in [0.15, 0.2) is 0 Å². The molecule has 4 aromatic rings. The summed E-state index contributed by atoms with van der Waals surface area (Å²) in [6, 6.07) is 20.7. The van der Waals surface area contributed by atoms with Gasteiger partial charge >= 0.3 is 0 Å². The fraction of sp³-hybridized carbons (Fsp3) is 0.0435. The number of benzene rings is 3. The number of nitrogens with one attached hydrogen (secondary N) is 1. The predicted octanol–water partition coefficient (Wildman–Crippen LogP) is 5.71. The summed E-state index contributed by atoms with van der Waals surface area (Å²) >= 11 is 0. The summed E-state index contributed by atoms with van der Waals surface area (Å²) in [5.41, 5.74) is 4.58. The van der Waals surface area contributed by atoms with Crippen LogP contribution in [-0.4, -0.2) is 10.9 Å². The van der Waals surface area contributed by atoms with Crippen molar-refractivity contribution in [3.63, 3.8) is 0 Å². The highest BCUT2D eigenvalue weighted by molar-refractivity contribution is 6.04. The minimum atomic E-state index is -0.448. The zero-order valence-corrected chi connectivity index (χ0v) is 15.1. The van der Waals surface area contributed by atoms with Gasteiger partial charge in [0, 0.05) is 22.4 Å². The third kappa shape index (κ3) is 3.69. The van der Waals surface area contributed by atoms with Crippen LogP contribution in [0, 0.1) is 12.7 Å². The van der Waals surface area contributed by atoms with Gasteiger partial charge in [0.05, 0.1) is 0 Å². The molecule has 0 spiro atoms. The average Bonchev–Trinajstić information content (AvgIpc) is 3.19. The van der Waals surface area contributed by atoms with E-state index in [1.54, 1.807) is 24.5 Å². The van der Waals surface area contributed by atoms with Gasteiger partial charge in [0.25, 0.3) is 5.91 Å². The predicted molar refractivity (Wildman–Crippen MR) is 106 cm³/mol. The molecule has 1 heterocycles. The van der Waals surface area contributed by atoms with Gasteiger partial charge in [-0.2, -0.15) is 0 Å². The minimum Gasteiger partial charge on any atom is -0.444 e. The van der Waals surface area contributed by atoms with Crippen LogP contribution in [0.5, 0.6) is 0 Å². The van der Waals surface area contributed by atoms with E-state index in [2.05, 4.69) is 10.3 Å². The number of carbonyl (C=O) groups is 1. The maximum atomic E-state index is 13.3. The first-order chi connectivity index (χ1) is 13.6. The number of rotatable bonds is 4. The first-order valence-electron chi connectivity index (χ1n) is 8.79. The maximum absolute atomic E-state index is 13.3. The SMILES string of the molecule is Cc1ccccc1-c1coc(-c2ccc(NC(=O)c3cccc(F)c3)cc2)n1. The second kappa shape index (κ2) is 7.48. The Morgan fingerprint density at radius 3 is 2.54 bits per heavy atom. The Bertz CT molecular complexity index is 1130. The number of oxazole rings is 1. The van der Waals surface area contributed by atoms with Crippen molar-refractivity contribution in [2.45, 2.75) is 6.92 Å². The molecular weight excluding hydrogens is 355 g/mol. The second-order valence-electron chi connectivity index (χ2n) is 6.39. The molecule has 0 saturated heterocycles. The van der Waals surface area contributed by atoms with Crippen molar-refractivity contribution in [1.29, 1.82) is 0 Å². The number of nitrogens with zero attached hydrogens (tertiary/aromatic N) is 1. The molecule has 0 aliphatic carbocycles. The van der Waals surface area contributed by atoms with Gasteiger partial charge < -0.3 is 9.73 Å². The fourth-order valence-electron chi connectivity index (χ4n) is 2.92. The van der Waals surface area contributed by atoms with Crippen LogP contribution in [0.2, 0.25) is 0 Å². The van der Waals surface area contributed by atoms with Gasteiger partial charge in [-0.3, -0.25) is 4.79 Å². The van der Waals surface area contributed by atoms with Gasteiger partial charge in [-0.1, -0.05) is 30.3 Å². The summed E-state index contributed by atoms with van der Waals surface area (Å²) < 4.78 is 18.9. The molecule has 0 unspecified atom stereocenters. The van der Waals surface area contributed by atoms with Crippen LogP contribution in [0.25, 0.3) is 22.7 Å². The Morgan fingerprint density at radius 2 is 1.79 bits per heavy atom. The molecular formula is C23H17FN2O2. The number of halogens is 1. The van der Waals surface area contributed by atoms with Crippen LogP contribution in [-0.2, 0) is 0 Å². The van der Waals surface area contributed by atoms with Crippen LogP contribution < -0.4 is 5.32 Å². The largest absolute Gasteiger partial charge is 0.444 e. The van der Waals surface area contributed by atoms with E-state index in [1.807, 2.05) is 43.3 Å². The standard InChI is InChI=1S/C23H17FN2O2/c1-15-5-2-3-8-20(15)21-14-28-23(26-21)16-9-11-19(12-10-16)25-22(27)17-6-4-7-18(24)13-17/h2-14H,1H3,(H,25,27). The Balaban J connectivity index is 1.51. The quantitative estimate of drug-likeness (QED) is 0.499. The lowest BCUT2D eigenvalue weighted by atomic mass is 10.1. The van der Waals surface area contributed by atoms with Crippen molar-refractivity contribution in [3.05, 3.63) is 96.0 Å². The smallest absolute Gasteiger partial charge is 0.255 e. The molecule has 1 amide bonds. The van der Waals surface area contributed by atoms with E-state index in [0.29, 0.717) is 11.6 Å². The Hall–Kier alpha value is -3.73. The molecule has 1 aromatic heterocycles. The summed E-state index contributed by atoms with van der Waals surface area (Å²) in [6.45, 7) is 2.03. The lowest BCUT2D eigenvalue weighted by Gasteiger charge is -2.06. The van der Waals surface area contributed by atoms with Crippen molar-refractivity contribution >= 4 is 11.6 Å². The lowest BCUT2D eigenvalue weighted by Crippen LogP contribution is -2.11. The minimum absolute atomic E-state index is 0.264. The molecule has 0 bridgehead atoms. The average molecular weight is 372 g/mol. The third-order valence-electron chi connectivity index (χ3n) is 4.40. The van der Waals surface area contributed by atoms with Gasteiger partial charge in [-0.25, -0.2) is 9.37 Å². The van der Waals surface area contributed by atoms with Crippen molar-refractivity contribution in [2.75, 3.05) is 5.32 Å². The molecule has 0 aliphatic heterocycles. The summed E-state index contributed by atoms with van der Waals surface area (Å²) in [5, 5.41) is 2.75. The normalized spacial score (nSPS) is 10.6. The first kappa shape index (κ1) is 17.7. The molecule has 4 nitrogen and oxygen atoms in total. The number of anilines is 1. The molecule has 3 aromatic carbocycles. The summed E-state index contributed by atoms with van der Waals surface area (Å²) in [6.07, 6.45) is 1.64. The maximum Gasteiger partial charge on any atom is 0.255 e. The molecule has 0 atom stereocenters. The number of aromatic nitrogens is 1. The van der Waals surface area contributed by atoms with Gasteiger partial charge in [-0.15, -0.1) is 0 Å². The second-order valence-corrected chi connectivity index (χ2v) is 6.39. The lowest BCUT2D eigenvalue weighted by molar-refractivity contribution is 0.102. The van der Waals surface area contributed by atoms with Crippen LogP contribution in [0.4, 0.5) is 10.1 Å². The van der Waals surface area contributed by atoms with E-state index in [4.69, 9.17) is 4.42 Å². The van der Waals surface area contributed by atoms with E-state index in [9.17, 15) is 9.18 Å². The fourth-order valence-corrected chi connectivity index (χ4v) is 2.92. The van der Waals surface area contributed by atoms with Crippen LogP contribution in [0.3, 0.4) is 0 Å². The molecule has 5 heteroatoms. The van der Waals surface area contributed by atoms with Crippen molar-refractivity contribution in [2.24, 2.45) is 0 Å². The Labute approximate surface area is 161 Å². The van der Waals surface area contributed by atoms with Crippen molar-refractivity contribution < 1.29 is 13.6 Å². The monoisotopic (exact) mass is 372 g/mol. The Morgan fingerprint density at radius 1 is 1.00 bits per heavy atom. The topological polar surface area (TPSA) is 55.1 Å². The van der Waals surface area contributed by atoms with E-state index < -0.39 is 5.82 Å². The molecule has 0 saturated carbocycles. The van der Waals surface area contributed by atoms with Crippen LogP contribution in [0.15, 0.2) is 83.5 Å². The number of carbonyl (C=O) groups excluding carboxylic acids is 1. The molecule has 0 radical (unpaired) electrons. The summed E-state index contributed by atoms with van der Waals surface area (Å²) in [4.78, 5) is 16.8. The van der Waals surface area contributed by atoms with Crippen molar-refractivity contribution in [1.82, 2.24) is 4.98 Å². The van der Waals surface area contributed by atoms with Crippen LogP contribution in [0.1, 0.15) is 15.9 Å². The molecule has 1 N–H and O–H groups in total. The number of amides is 1. The third-order valence-corrected chi connectivity index (χ3v) is 4.40. The number of aryl methyl sites for hydroxylation is 1. The number of hydrogen-bond donors (Lipinski definition) is 1. The first-order valence-corrected chi connectivity index (χ1v) is 8.79. The highest BCUT2D eigenvalue weighted by atomic mass is 19.1. The van der Waals surface area contributed by atoms with Gasteiger partial charge in [0.1, 0.15) is 17.8 Å².